The summed E-state index contributed by atoms with van der Waals surface area (Å²) in [7, 11) is 0. The third-order valence-corrected chi connectivity index (χ3v) is 4.99. The lowest BCUT2D eigenvalue weighted by Crippen LogP contribution is -2.26. The zero-order chi connectivity index (χ0) is 19.2. The Morgan fingerprint density at radius 3 is 2.56 bits per heavy atom. The fourth-order valence-corrected chi connectivity index (χ4v) is 3.40. The Balaban J connectivity index is 1.62. The van der Waals surface area contributed by atoms with Crippen LogP contribution in [-0.4, -0.2) is 28.3 Å². The monoisotopic (exact) mass is 367 g/mol. The first-order valence-corrected chi connectivity index (χ1v) is 9.30. The van der Waals surface area contributed by atoms with Crippen molar-refractivity contribution < 1.29 is 9.59 Å². The molecule has 7 nitrogen and oxygen atoms in total. The van der Waals surface area contributed by atoms with Crippen LogP contribution >= 0.6 is 0 Å². The minimum Gasteiger partial charge on any atom is -0.368 e. The predicted octanol–water partition coefficient (Wildman–Crippen LogP) is 2.93. The van der Waals surface area contributed by atoms with Crippen molar-refractivity contribution in [2.75, 3.05) is 17.6 Å². The Bertz CT molecular complexity index is 814. The van der Waals surface area contributed by atoms with E-state index >= 15 is 0 Å². The maximum absolute atomic E-state index is 12.6. The Hall–Kier alpha value is -2.96. The van der Waals surface area contributed by atoms with E-state index < -0.39 is 0 Å². The molecule has 0 saturated heterocycles. The molecule has 0 bridgehead atoms. The third-order valence-electron chi connectivity index (χ3n) is 4.99. The van der Waals surface area contributed by atoms with Crippen molar-refractivity contribution in [3.05, 3.63) is 47.3 Å². The van der Waals surface area contributed by atoms with Crippen LogP contribution < -0.4 is 16.4 Å². The van der Waals surface area contributed by atoms with E-state index in [1.54, 1.807) is 18.2 Å². The average Bonchev–Trinajstić information content (AvgIpc) is 3.17. The number of hydrogen-bond donors (Lipinski definition) is 3. The molecule has 142 valence electrons. The fraction of sp³-hybridized carbons (Fsp3) is 0.400. The van der Waals surface area contributed by atoms with Gasteiger partial charge in [0, 0.05) is 17.7 Å². The largest absolute Gasteiger partial charge is 0.368 e. The van der Waals surface area contributed by atoms with E-state index in [1.807, 2.05) is 6.92 Å². The first-order valence-electron chi connectivity index (χ1n) is 9.30. The van der Waals surface area contributed by atoms with Gasteiger partial charge in [0.2, 0.25) is 5.95 Å². The molecule has 0 radical (unpaired) electrons. The molecule has 0 atom stereocenters. The van der Waals surface area contributed by atoms with Crippen LogP contribution in [0, 0.1) is 12.8 Å². The molecule has 0 spiro atoms. The minimum absolute atomic E-state index is 0.139. The number of carbonyl (C=O) groups is 2. The number of carbonyl (C=O) groups excluding carboxylic acids is 2. The maximum Gasteiger partial charge on any atom is 0.256 e. The normalized spacial score (nSPS) is 14.1. The number of nitrogens with two attached hydrogens (primary N) is 1. The van der Waals surface area contributed by atoms with E-state index in [4.69, 9.17) is 5.73 Å². The average molecular weight is 367 g/mol. The number of benzene rings is 1. The SMILES string of the molecule is Cc1ccc(C(=O)NCCC2CCCC2)cc1C(=O)Nc1cnc(N)nc1. The molecule has 0 aliphatic heterocycles. The topological polar surface area (TPSA) is 110 Å². The van der Waals surface area contributed by atoms with Gasteiger partial charge in [-0.05, 0) is 37.0 Å². The summed E-state index contributed by atoms with van der Waals surface area (Å²) in [6, 6.07) is 5.14. The lowest BCUT2D eigenvalue weighted by atomic mass is 10.0. The quantitative estimate of drug-likeness (QED) is 0.727. The number of amides is 2. The Morgan fingerprint density at radius 1 is 1.15 bits per heavy atom. The number of rotatable bonds is 6. The summed E-state index contributed by atoms with van der Waals surface area (Å²) in [5.41, 5.74) is 7.59. The van der Waals surface area contributed by atoms with Crippen molar-refractivity contribution in [3.8, 4) is 0 Å². The van der Waals surface area contributed by atoms with E-state index in [-0.39, 0.29) is 17.8 Å². The highest BCUT2D eigenvalue weighted by Gasteiger charge is 2.16. The van der Waals surface area contributed by atoms with E-state index in [2.05, 4.69) is 20.6 Å². The van der Waals surface area contributed by atoms with E-state index in [1.165, 1.54) is 38.1 Å². The smallest absolute Gasteiger partial charge is 0.256 e. The van der Waals surface area contributed by atoms with Crippen molar-refractivity contribution in [2.24, 2.45) is 5.92 Å². The summed E-state index contributed by atoms with van der Waals surface area (Å²) in [6.07, 6.45) is 9.02. The lowest BCUT2D eigenvalue weighted by molar-refractivity contribution is 0.0951. The Morgan fingerprint density at radius 2 is 1.85 bits per heavy atom. The molecule has 2 aromatic rings. The Labute approximate surface area is 158 Å². The van der Waals surface area contributed by atoms with Gasteiger partial charge in [0.25, 0.3) is 11.8 Å². The summed E-state index contributed by atoms with van der Waals surface area (Å²) in [5.74, 6) is 0.395. The second kappa shape index (κ2) is 8.62. The van der Waals surface area contributed by atoms with E-state index in [0.717, 1.165) is 17.9 Å². The van der Waals surface area contributed by atoms with E-state index in [0.29, 0.717) is 23.4 Å². The molecule has 27 heavy (non-hydrogen) atoms. The van der Waals surface area contributed by atoms with Gasteiger partial charge in [0.15, 0.2) is 0 Å². The van der Waals surface area contributed by atoms with Gasteiger partial charge in [0.1, 0.15) is 0 Å². The lowest BCUT2D eigenvalue weighted by Gasteiger charge is -2.12. The molecule has 1 aromatic heterocycles. The molecule has 1 aromatic carbocycles. The second-order valence-corrected chi connectivity index (χ2v) is 7.01. The molecule has 0 unspecified atom stereocenters. The summed E-state index contributed by atoms with van der Waals surface area (Å²) in [6.45, 7) is 2.50. The predicted molar refractivity (Wildman–Crippen MR) is 104 cm³/mol. The van der Waals surface area contributed by atoms with Crippen LogP contribution in [0.5, 0.6) is 0 Å². The number of aryl methyl sites for hydroxylation is 1. The maximum atomic E-state index is 12.6. The molecule has 1 saturated carbocycles. The van der Waals surface area contributed by atoms with Crippen LogP contribution in [0.15, 0.2) is 30.6 Å². The molecule has 3 rings (SSSR count). The number of nitrogen functional groups attached to an aromatic ring is 1. The van der Waals surface area contributed by atoms with Crippen LogP contribution in [-0.2, 0) is 0 Å². The van der Waals surface area contributed by atoms with Crippen LogP contribution in [0.25, 0.3) is 0 Å². The highest BCUT2D eigenvalue weighted by Crippen LogP contribution is 2.26. The highest BCUT2D eigenvalue weighted by atomic mass is 16.2. The first-order chi connectivity index (χ1) is 13.0. The van der Waals surface area contributed by atoms with Crippen LogP contribution in [0.2, 0.25) is 0 Å². The van der Waals surface area contributed by atoms with Crippen LogP contribution in [0.3, 0.4) is 0 Å². The van der Waals surface area contributed by atoms with Crippen molar-refractivity contribution in [2.45, 2.75) is 39.0 Å². The highest BCUT2D eigenvalue weighted by molar-refractivity contribution is 6.07. The Kier molecular flexibility index (Phi) is 6.01. The second-order valence-electron chi connectivity index (χ2n) is 7.01. The van der Waals surface area contributed by atoms with Crippen LogP contribution in [0.4, 0.5) is 11.6 Å². The number of nitrogens with one attached hydrogen (secondary N) is 2. The third kappa shape index (κ3) is 5.03. The van der Waals surface area contributed by atoms with Crippen LogP contribution in [0.1, 0.15) is 58.4 Å². The molecule has 2 amide bonds. The number of hydrogen-bond acceptors (Lipinski definition) is 5. The van der Waals surface area contributed by atoms with Gasteiger partial charge in [-0.15, -0.1) is 0 Å². The van der Waals surface area contributed by atoms with Gasteiger partial charge in [0.05, 0.1) is 18.1 Å². The summed E-state index contributed by atoms with van der Waals surface area (Å²) in [5, 5.41) is 5.68. The molecule has 1 aliphatic carbocycles. The van der Waals surface area contributed by atoms with Crippen molar-refractivity contribution >= 4 is 23.5 Å². The van der Waals surface area contributed by atoms with Gasteiger partial charge < -0.3 is 16.4 Å². The summed E-state index contributed by atoms with van der Waals surface area (Å²) >= 11 is 0. The van der Waals surface area contributed by atoms with Crippen molar-refractivity contribution in [1.82, 2.24) is 15.3 Å². The summed E-state index contributed by atoms with van der Waals surface area (Å²) in [4.78, 5) is 32.7. The molecule has 1 aliphatic rings. The van der Waals surface area contributed by atoms with Gasteiger partial charge in [-0.2, -0.15) is 0 Å². The molecule has 1 fully saturated rings. The standard InChI is InChI=1S/C20H25N5O2/c1-13-6-7-15(18(26)22-9-8-14-4-2-3-5-14)10-17(13)19(27)25-16-11-23-20(21)24-12-16/h6-7,10-12,14H,2-5,8-9H2,1H3,(H,22,26)(H,25,27)(H2,21,23,24). The van der Waals surface area contributed by atoms with Crippen molar-refractivity contribution in [3.63, 3.8) is 0 Å². The molecular weight excluding hydrogens is 342 g/mol. The van der Waals surface area contributed by atoms with Gasteiger partial charge in [-0.3, -0.25) is 9.59 Å². The van der Waals surface area contributed by atoms with Gasteiger partial charge >= 0.3 is 0 Å². The molecule has 1 heterocycles. The zero-order valence-electron chi connectivity index (χ0n) is 15.5. The number of nitrogens with zero attached hydrogens (tertiary/aromatic N) is 2. The summed E-state index contributed by atoms with van der Waals surface area (Å²) < 4.78 is 0. The molecular formula is C20H25N5O2. The molecule has 7 heteroatoms. The number of anilines is 2. The zero-order valence-corrected chi connectivity index (χ0v) is 15.5. The molecule has 4 N–H and O–H groups in total. The first kappa shape index (κ1) is 18.8. The van der Waals surface area contributed by atoms with Crippen molar-refractivity contribution in [1.29, 1.82) is 0 Å². The minimum atomic E-state index is -0.318. The fourth-order valence-electron chi connectivity index (χ4n) is 3.40. The van der Waals surface area contributed by atoms with Gasteiger partial charge in [-0.25, -0.2) is 9.97 Å². The van der Waals surface area contributed by atoms with E-state index in [9.17, 15) is 9.59 Å². The van der Waals surface area contributed by atoms with Gasteiger partial charge in [-0.1, -0.05) is 31.7 Å². The number of aromatic nitrogens is 2.